The molecule has 0 aliphatic carbocycles. The van der Waals surface area contributed by atoms with E-state index in [1.165, 1.54) is 0 Å². The van der Waals surface area contributed by atoms with Gasteiger partial charge in [-0.2, -0.15) is 5.26 Å². The van der Waals surface area contributed by atoms with Crippen molar-refractivity contribution in [3.63, 3.8) is 0 Å². The van der Waals surface area contributed by atoms with E-state index in [0.29, 0.717) is 10.6 Å². The Morgan fingerprint density at radius 1 is 1.00 bits per heavy atom. The second-order valence-electron chi connectivity index (χ2n) is 6.89. The van der Waals surface area contributed by atoms with Crippen molar-refractivity contribution in [1.29, 1.82) is 5.26 Å². The SMILES string of the molecule is CC(C)(C)Nc1c(-c2cccc(Cl)c2)cc2ccccc2c1C#N. The maximum atomic E-state index is 9.82. The fourth-order valence-corrected chi connectivity index (χ4v) is 3.04. The van der Waals surface area contributed by atoms with Crippen LogP contribution >= 0.6 is 11.6 Å². The van der Waals surface area contributed by atoms with E-state index in [2.05, 4.69) is 38.2 Å². The topological polar surface area (TPSA) is 35.8 Å². The van der Waals surface area contributed by atoms with E-state index in [1.807, 2.05) is 48.5 Å². The number of halogens is 1. The van der Waals surface area contributed by atoms with Crippen LogP contribution in [0.15, 0.2) is 54.6 Å². The normalized spacial score (nSPS) is 11.3. The number of hydrogen-bond acceptors (Lipinski definition) is 2. The number of rotatable bonds is 2. The van der Waals surface area contributed by atoms with Crippen LogP contribution in [0.1, 0.15) is 26.3 Å². The van der Waals surface area contributed by atoms with Gasteiger partial charge in [0.25, 0.3) is 0 Å². The molecular weight excluding hydrogens is 316 g/mol. The third kappa shape index (κ3) is 3.22. The Balaban J connectivity index is 2.38. The lowest BCUT2D eigenvalue weighted by Gasteiger charge is -2.26. The van der Waals surface area contributed by atoms with Crippen LogP contribution in [0, 0.1) is 11.3 Å². The van der Waals surface area contributed by atoms with Gasteiger partial charge in [0.1, 0.15) is 6.07 Å². The molecule has 0 aromatic heterocycles. The van der Waals surface area contributed by atoms with Gasteiger partial charge in [-0.3, -0.25) is 0 Å². The van der Waals surface area contributed by atoms with Crippen molar-refractivity contribution in [1.82, 2.24) is 0 Å². The summed E-state index contributed by atoms with van der Waals surface area (Å²) in [7, 11) is 0. The van der Waals surface area contributed by atoms with Crippen LogP contribution in [-0.2, 0) is 0 Å². The molecule has 0 atom stereocenters. The minimum atomic E-state index is -0.165. The molecule has 0 fully saturated rings. The Labute approximate surface area is 147 Å². The number of benzene rings is 3. The highest BCUT2D eigenvalue weighted by Crippen LogP contribution is 2.38. The van der Waals surface area contributed by atoms with Gasteiger partial charge in [-0.1, -0.05) is 48.0 Å². The van der Waals surface area contributed by atoms with Crippen molar-refractivity contribution in [3.8, 4) is 17.2 Å². The summed E-state index contributed by atoms with van der Waals surface area (Å²) < 4.78 is 0. The monoisotopic (exact) mass is 334 g/mol. The largest absolute Gasteiger partial charge is 0.379 e. The molecule has 0 bridgehead atoms. The van der Waals surface area contributed by atoms with E-state index in [0.717, 1.165) is 27.6 Å². The van der Waals surface area contributed by atoms with Crippen LogP contribution in [0.2, 0.25) is 5.02 Å². The molecule has 0 saturated heterocycles. The third-order valence-corrected chi connectivity index (χ3v) is 4.03. The third-order valence-electron chi connectivity index (χ3n) is 3.80. The summed E-state index contributed by atoms with van der Waals surface area (Å²) in [5.41, 5.74) is 3.34. The number of nitrogens with one attached hydrogen (secondary N) is 1. The maximum absolute atomic E-state index is 9.82. The molecular formula is C21H19ClN2. The van der Waals surface area contributed by atoms with Crippen molar-refractivity contribution < 1.29 is 0 Å². The van der Waals surface area contributed by atoms with Crippen LogP contribution in [0.3, 0.4) is 0 Å². The number of anilines is 1. The van der Waals surface area contributed by atoms with Gasteiger partial charge in [-0.15, -0.1) is 0 Å². The van der Waals surface area contributed by atoms with Gasteiger partial charge < -0.3 is 5.32 Å². The standard InChI is InChI=1S/C21H19ClN2/c1-21(2,3)24-20-18(14-8-6-9-16(22)11-14)12-15-7-4-5-10-17(15)19(20)13-23/h4-12,24H,1-3H3. The van der Waals surface area contributed by atoms with Crippen LogP contribution in [0.4, 0.5) is 5.69 Å². The average molecular weight is 335 g/mol. The minimum absolute atomic E-state index is 0.165. The maximum Gasteiger partial charge on any atom is 0.102 e. The van der Waals surface area contributed by atoms with Crippen molar-refractivity contribution in [2.24, 2.45) is 0 Å². The Hall–Kier alpha value is -2.50. The lowest BCUT2D eigenvalue weighted by Crippen LogP contribution is -2.27. The fraction of sp³-hybridized carbons (Fsp3) is 0.190. The average Bonchev–Trinajstić information content (AvgIpc) is 2.53. The summed E-state index contributed by atoms with van der Waals surface area (Å²) in [5, 5.41) is 16.0. The second-order valence-corrected chi connectivity index (χ2v) is 7.33. The Kier molecular flexibility index (Phi) is 4.22. The first-order valence-electron chi connectivity index (χ1n) is 7.89. The Morgan fingerprint density at radius 3 is 2.42 bits per heavy atom. The number of nitriles is 1. The first kappa shape index (κ1) is 16.4. The van der Waals surface area contributed by atoms with Gasteiger partial charge in [0.2, 0.25) is 0 Å². The van der Waals surface area contributed by atoms with Gasteiger partial charge in [0, 0.05) is 21.5 Å². The first-order valence-corrected chi connectivity index (χ1v) is 8.27. The van der Waals surface area contributed by atoms with Crippen LogP contribution in [0.25, 0.3) is 21.9 Å². The molecule has 0 aliphatic heterocycles. The lowest BCUT2D eigenvalue weighted by atomic mass is 9.93. The van der Waals surface area contributed by atoms with Crippen LogP contribution in [-0.4, -0.2) is 5.54 Å². The molecule has 2 nitrogen and oxygen atoms in total. The zero-order chi connectivity index (χ0) is 17.3. The van der Waals surface area contributed by atoms with Gasteiger partial charge in [-0.05, 0) is 49.9 Å². The van der Waals surface area contributed by atoms with Gasteiger partial charge in [-0.25, -0.2) is 0 Å². The molecule has 0 saturated carbocycles. The van der Waals surface area contributed by atoms with Crippen molar-refractivity contribution >= 4 is 28.1 Å². The molecule has 120 valence electrons. The van der Waals surface area contributed by atoms with Crippen molar-refractivity contribution in [2.75, 3.05) is 5.32 Å². The van der Waals surface area contributed by atoms with Gasteiger partial charge in [0.15, 0.2) is 0 Å². The molecule has 3 rings (SSSR count). The molecule has 0 radical (unpaired) electrons. The van der Waals surface area contributed by atoms with Gasteiger partial charge >= 0.3 is 0 Å². The Bertz CT molecular complexity index is 946. The zero-order valence-electron chi connectivity index (χ0n) is 14.0. The minimum Gasteiger partial charge on any atom is -0.379 e. The molecule has 0 aliphatic rings. The molecule has 0 unspecified atom stereocenters. The summed E-state index contributed by atoms with van der Waals surface area (Å²) in [5.74, 6) is 0. The smallest absolute Gasteiger partial charge is 0.102 e. The molecule has 0 heterocycles. The Morgan fingerprint density at radius 2 is 1.75 bits per heavy atom. The van der Waals surface area contributed by atoms with E-state index < -0.39 is 0 Å². The highest BCUT2D eigenvalue weighted by molar-refractivity contribution is 6.30. The fourth-order valence-electron chi connectivity index (χ4n) is 2.85. The molecule has 1 N–H and O–H groups in total. The molecule has 3 aromatic rings. The van der Waals surface area contributed by atoms with E-state index in [1.54, 1.807) is 0 Å². The quantitative estimate of drug-likeness (QED) is 0.601. The number of fused-ring (bicyclic) bond motifs is 1. The van der Waals surface area contributed by atoms with Crippen LogP contribution in [0.5, 0.6) is 0 Å². The summed E-state index contributed by atoms with van der Waals surface area (Å²) in [6.07, 6.45) is 0. The van der Waals surface area contributed by atoms with E-state index in [4.69, 9.17) is 11.6 Å². The molecule has 3 aromatic carbocycles. The predicted molar refractivity (Wildman–Crippen MR) is 102 cm³/mol. The zero-order valence-corrected chi connectivity index (χ0v) is 14.8. The molecule has 0 amide bonds. The first-order chi connectivity index (χ1) is 11.4. The molecule has 3 heteroatoms. The predicted octanol–water partition coefficient (Wildman–Crippen LogP) is 6.24. The number of nitrogens with zero attached hydrogens (tertiary/aromatic N) is 1. The summed E-state index contributed by atoms with van der Waals surface area (Å²) in [4.78, 5) is 0. The molecule has 0 spiro atoms. The van der Waals surface area contributed by atoms with Gasteiger partial charge in [0.05, 0.1) is 11.3 Å². The highest BCUT2D eigenvalue weighted by Gasteiger charge is 2.19. The summed E-state index contributed by atoms with van der Waals surface area (Å²) in [6, 6.07) is 20.2. The summed E-state index contributed by atoms with van der Waals surface area (Å²) in [6.45, 7) is 6.27. The van der Waals surface area contributed by atoms with Crippen LogP contribution < -0.4 is 5.32 Å². The van der Waals surface area contributed by atoms with E-state index in [-0.39, 0.29) is 5.54 Å². The summed E-state index contributed by atoms with van der Waals surface area (Å²) >= 11 is 6.19. The second kappa shape index (κ2) is 6.19. The van der Waals surface area contributed by atoms with Crippen molar-refractivity contribution in [2.45, 2.75) is 26.3 Å². The highest BCUT2D eigenvalue weighted by atomic mass is 35.5. The van der Waals surface area contributed by atoms with E-state index in [9.17, 15) is 5.26 Å². The lowest BCUT2D eigenvalue weighted by molar-refractivity contribution is 0.634. The molecule has 24 heavy (non-hydrogen) atoms. The van der Waals surface area contributed by atoms with Crippen molar-refractivity contribution in [3.05, 3.63) is 65.2 Å². The van der Waals surface area contributed by atoms with E-state index >= 15 is 0 Å². The number of hydrogen-bond donors (Lipinski definition) is 1.